The number of halogens is 1. The van der Waals surface area contributed by atoms with E-state index in [1.54, 1.807) is 10.8 Å². The van der Waals surface area contributed by atoms with E-state index in [-0.39, 0.29) is 49.0 Å². The number of ether oxygens (including phenoxy) is 1. The van der Waals surface area contributed by atoms with Gasteiger partial charge in [-0.15, -0.1) is 0 Å². The lowest BCUT2D eigenvalue weighted by Crippen LogP contribution is -2.28. The van der Waals surface area contributed by atoms with Crippen LogP contribution in [0.4, 0.5) is 10.3 Å². The number of nitrogens with two attached hydrogens (primary N) is 1. The number of H-pyrrole nitrogens is 1. The molecule has 1 aliphatic carbocycles. The van der Waals surface area contributed by atoms with Crippen molar-refractivity contribution in [3.05, 3.63) is 34.5 Å². The van der Waals surface area contributed by atoms with E-state index in [0.717, 1.165) is 12.8 Å². The minimum atomic E-state index is -3.83. The van der Waals surface area contributed by atoms with Crippen LogP contribution in [0, 0.1) is 5.92 Å². The molecule has 0 amide bonds. The third-order valence-corrected chi connectivity index (χ3v) is 11.4. The normalized spacial score (nSPS) is 32.4. The molecule has 2 unspecified atom stereocenters. The second-order valence-electron chi connectivity index (χ2n) is 10.5. The van der Waals surface area contributed by atoms with Gasteiger partial charge in [0.2, 0.25) is 5.95 Å². The zero-order valence-electron chi connectivity index (χ0n) is 22.2. The molecular formula is C22H26FN9O7P2S2. The number of hydrogen-bond donors (Lipinski definition) is 4. The Balaban J connectivity index is 1.25. The first-order chi connectivity index (χ1) is 20.5. The fourth-order valence-corrected chi connectivity index (χ4v) is 8.51. The summed E-state index contributed by atoms with van der Waals surface area (Å²) in [6, 6.07) is 0. The van der Waals surface area contributed by atoms with Crippen LogP contribution in [0.25, 0.3) is 22.3 Å². The minimum Gasteiger partial charge on any atom is -0.369 e. The van der Waals surface area contributed by atoms with E-state index < -0.39 is 49.9 Å². The summed E-state index contributed by atoms with van der Waals surface area (Å²) < 4.78 is 55.6. The SMILES string of the molecule is Nc1nc2c(ncn2[C@@H]2O[C@@H]3COP(O)(=S)OCCn4c(nc5cnc(C6CC6)nc54)COP(=O)(S)C[C@@H]2[C@@H]3F)c(=O)[nH]1. The van der Waals surface area contributed by atoms with Crippen LogP contribution in [0.15, 0.2) is 17.3 Å². The number of nitrogen functional groups attached to an aromatic ring is 1. The van der Waals surface area contributed by atoms with Crippen molar-refractivity contribution in [3.63, 3.8) is 0 Å². The molecular weight excluding hydrogens is 647 g/mol. The summed E-state index contributed by atoms with van der Waals surface area (Å²) in [4.78, 5) is 47.3. The molecule has 1 saturated carbocycles. The van der Waals surface area contributed by atoms with Gasteiger partial charge in [0.1, 0.15) is 42.3 Å². The van der Waals surface area contributed by atoms with E-state index >= 15 is 4.39 Å². The van der Waals surface area contributed by atoms with Crippen LogP contribution >= 0.6 is 25.5 Å². The third kappa shape index (κ3) is 5.78. The zero-order chi connectivity index (χ0) is 30.1. The van der Waals surface area contributed by atoms with Gasteiger partial charge in [0.25, 0.3) is 12.1 Å². The molecule has 21 heteroatoms. The maximum absolute atomic E-state index is 16.0. The van der Waals surface area contributed by atoms with Crippen molar-refractivity contribution in [2.24, 2.45) is 5.92 Å². The molecule has 0 spiro atoms. The van der Waals surface area contributed by atoms with Gasteiger partial charge in [-0.05, 0) is 24.6 Å². The molecule has 4 aromatic rings. The summed E-state index contributed by atoms with van der Waals surface area (Å²) in [7, 11) is 0. The molecule has 230 valence electrons. The molecule has 6 atom stereocenters. The number of hydrogen-bond acceptors (Lipinski definition) is 13. The Morgan fingerprint density at radius 2 is 2.00 bits per heavy atom. The quantitative estimate of drug-likeness (QED) is 0.178. The second kappa shape index (κ2) is 10.9. The van der Waals surface area contributed by atoms with Gasteiger partial charge >= 0.3 is 6.72 Å². The molecule has 0 radical (unpaired) electrons. The minimum absolute atomic E-state index is 0.0327. The van der Waals surface area contributed by atoms with Crippen LogP contribution in [-0.2, 0) is 47.8 Å². The Kier molecular flexibility index (Phi) is 7.46. The van der Waals surface area contributed by atoms with Crippen LogP contribution in [0.5, 0.6) is 0 Å². The van der Waals surface area contributed by atoms with Crippen molar-refractivity contribution in [2.45, 2.75) is 50.4 Å². The summed E-state index contributed by atoms with van der Waals surface area (Å²) >= 11 is 9.50. The van der Waals surface area contributed by atoms with Crippen LogP contribution in [0.1, 0.15) is 36.6 Å². The maximum Gasteiger partial charge on any atom is 0.324 e. The number of thiol groups is 1. The van der Waals surface area contributed by atoms with E-state index in [0.29, 0.717) is 22.8 Å². The Hall–Kier alpha value is -2.34. The van der Waals surface area contributed by atoms with Gasteiger partial charge in [-0.1, -0.05) is 12.2 Å². The van der Waals surface area contributed by atoms with Crippen LogP contribution < -0.4 is 11.3 Å². The lowest BCUT2D eigenvalue weighted by atomic mass is 10.0. The van der Waals surface area contributed by atoms with Gasteiger partial charge in [0.15, 0.2) is 16.8 Å². The van der Waals surface area contributed by atoms with Crippen molar-refractivity contribution in [1.82, 2.24) is 39.0 Å². The lowest BCUT2D eigenvalue weighted by Gasteiger charge is -2.23. The number of alkyl halides is 1. The first-order valence-corrected chi connectivity index (χ1v) is 18.9. The van der Waals surface area contributed by atoms with E-state index in [9.17, 15) is 14.3 Å². The summed E-state index contributed by atoms with van der Waals surface area (Å²) in [5.41, 5.74) is 6.13. The zero-order valence-corrected chi connectivity index (χ0v) is 25.7. The van der Waals surface area contributed by atoms with E-state index in [1.165, 1.54) is 10.9 Å². The van der Waals surface area contributed by atoms with Crippen LogP contribution in [0.3, 0.4) is 0 Å². The number of nitrogens with zero attached hydrogens (tertiary/aromatic N) is 7. The van der Waals surface area contributed by atoms with Crippen molar-refractivity contribution >= 4 is 65.6 Å². The van der Waals surface area contributed by atoms with Crippen molar-refractivity contribution in [2.75, 3.05) is 25.1 Å². The fourth-order valence-electron chi connectivity index (χ4n) is 5.30. The molecule has 2 fully saturated rings. The lowest BCUT2D eigenvalue weighted by molar-refractivity contribution is -0.0347. The fraction of sp³-hybridized carbons (Fsp3) is 0.545. The highest BCUT2D eigenvalue weighted by molar-refractivity contribution is 8.46. The van der Waals surface area contributed by atoms with Gasteiger partial charge < -0.3 is 33.5 Å². The summed E-state index contributed by atoms with van der Waals surface area (Å²) in [5, 5.41) is 0. The molecule has 6 heterocycles. The van der Waals surface area contributed by atoms with E-state index in [2.05, 4.69) is 42.2 Å². The number of aromatic amines is 1. The smallest absolute Gasteiger partial charge is 0.324 e. The highest BCUT2D eigenvalue weighted by atomic mass is 32.7. The Bertz CT molecular complexity index is 1880. The predicted octanol–water partition coefficient (Wildman–Crippen LogP) is 2.17. The van der Waals surface area contributed by atoms with Gasteiger partial charge in [-0.25, -0.2) is 24.3 Å². The summed E-state index contributed by atoms with van der Waals surface area (Å²) in [6.45, 7) is -8.30. The maximum atomic E-state index is 16.0. The average molecular weight is 674 g/mol. The number of fused-ring (bicyclic) bond motifs is 6. The van der Waals surface area contributed by atoms with E-state index in [1.807, 2.05) is 0 Å². The number of imidazole rings is 2. The number of nitrogens with one attached hydrogen (secondary N) is 1. The molecule has 3 aliphatic rings. The predicted molar refractivity (Wildman–Crippen MR) is 157 cm³/mol. The van der Waals surface area contributed by atoms with Gasteiger partial charge in [-0.2, -0.15) is 4.98 Å². The van der Waals surface area contributed by atoms with Crippen molar-refractivity contribution in [3.8, 4) is 0 Å². The summed E-state index contributed by atoms with van der Waals surface area (Å²) in [5.74, 6) is 0.0234. The van der Waals surface area contributed by atoms with Crippen LogP contribution in [0.2, 0.25) is 0 Å². The third-order valence-electron chi connectivity index (χ3n) is 7.51. The largest absolute Gasteiger partial charge is 0.369 e. The summed E-state index contributed by atoms with van der Waals surface area (Å²) in [6.07, 6.45) is 0.274. The van der Waals surface area contributed by atoms with E-state index in [4.69, 9.17) is 35.8 Å². The second-order valence-corrected chi connectivity index (χ2v) is 17.1. The highest BCUT2D eigenvalue weighted by Gasteiger charge is 2.49. The molecule has 4 N–H and O–H groups in total. The van der Waals surface area contributed by atoms with Crippen LogP contribution in [-0.4, -0.2) is 75.6 Å². The molecule has 1 saturated heterocycles. The van der Waals surface area contributed by atoms with Crippen molar-refractivity contribution in [1.29, 1.82) is 0 Å². The van der Waals surface area contributed by atoms with Gasteiger partial charge in [0, 0.05) is 24.5 Å². The van der Waals surface area contributed by atoms with Crippen molar-refractivity contribution < 1.29 is 32.2 Å². The van der Waals surface area contributed by atoms with Gasteiger partial charge in [-0.3, -0.25) is 18.9 Å². The first-order valence-electron chi connectivity index (χ1n) is 13.3. The Labute approximate surface area is 252 Å². The monoisotopic (exact) mass is 673 g/mol. The number of anilines is 1. The molecule has 16 nitrogen and oxygen atoms in total. The number of rotatable bonds is 2. The first kappa shape index (κ1) is 29.4. The topological polar surface area (TPSA) is 207 Å². The molecule has 7 rings (SSSR count). The molecule has 0 aromatic carbocycles. The number of aromatic nitrogens is 8. The molecule has 2 bridgehead atoms. The standard InChI is InChI=1S/C22H26FN9O7P2S2/c23-15-11-8-40(34,42)37-7-14-27-12-5-25-17(10-1-2-10)28-18(12)31(14)3-4-36-41(35,43)38-6-13(15)39-21(11)32-9-26-16-19(32)29-22(24)30-20(16)33/h5,9-11,13,15,21H,1-4,6-8H2,(H,34,42)(H,35,43)(H3,24,29,30,33)/t11-,13-,15+,21-,40?,41?/m1/s1. The van der Waals surface area contributed by atoms with Gasteiger partial charge in [0.05, 0.1) is 25.7 Å². The molecule has 4 aromatic heterocycles. The Morgan fingerprint density at radius 1 is 1.19 bits per heavy atom. The Morgan fingerprint density at radius 3 is 2.79 bits per heavy atom. The average Bonchev–Trinajstić information content (AvgIpc) is 3.53. The highest BCUT2D eigenvalue weighted by Crippen LogP contribution is 2.58. The molecule has 2 aliphatic heterocycles. The molecule has 43 heavy (non-hydrogen) atoms.